The lowest BCUT2D eigenvalue weighted by Crippen LogP contribution is -2.29. The van der Waals surface area contributed by atoms with Gasteiger partial charge in [-0.05, 0) is 33.6 Å². The van der Waals surface area contributed by atoms with Crippen molar-refractivity contribution in [3.63, 3.8) is 0 Å². The van der Waals surface area contributed by atoms with E-state index in [2.05, 4.69) is 32.3 Å². The average molecular weight is 356 g/mol. The van der Waals surface area contributed by atoms with E-state index in [0.717, 1.165) is 35.5 Å². The van der Waals surface area contributed by atoms with Crippen LogP contribution in [-0.2, 0) is 11.8 Å². The van der Waals surface area contributed by atoms with Crippen LogP contribution >= 0.6 is 0 Å². The Hall–Kier alpha value is -2.64. The van der Waals surface area contributed by atoms with Gasteiger partial charge in [-0.2, -0.15) is 15.0 Å². The molecule has 0 radical (unpaired) electrons. The number of nitrogens with zero attached hydrogens (tertiary/aromatic N) is 5. The van der Waals surface area contributed by atoms with E-state index in [4.69, 9.17) is 4.74 Å². The summed E-state index contributed by atoms with van der Waals surface area (Å²) in [7, 11) is 3.79. The highest BCUT2D eigenvalue weighted by molar-refractivity contribution is 6.00. The summed E-state index contributed by atoms with van der Waals surface area (Å²) in [6.07, 6.45) is 3.56. The van der Waals surface area contributed by atoms with Gasteiger partial charge in [-0.25, -0.2) is 4.98 Å². The molecule has 138 valence electrons. The van der Waals surface area contributed by atoms with Crippen LogP contribution in [0.1, 0.15) is 45.3 Å². The van der Waals surface area contributed by atoms with Gasteiger partial charge in [0.1, 0.15) is 17.1 Å². The van der Waals surface area contributed by atoms with Crippen molar-refractivity contribution in [1.29, 1.82) is 0 Å². The van der Waals surface area contributed by atoms with Crippen LogP contribution < -0.4 is 15.0 Å². The number of carbonyl (C=O) groups excluding carboxylic acids is 1. The maximum absolute atomic E-state index is 12.3. The average Bonchev–Trinajstić information content (AvgIpc) is 3.35. The van der Waals surface area contributed by atoms with Gasteiger partial charge in [0, 0.05) is 20.0 Å². The number of aromatic nitrogens is 4. The molecule has 1 N–H and O–H groups in total. The van der Waals surface area contributed by atoms with E-state index in [9.17, 15) is 4.79 Å². The second-order valence-electron chi connectivity index (χ2n) is 7.33. The molecule has 0 aromatic carbocycles. The molecule has 8 heteroatoms. The molecule has 1 aliphatic carbocycles. The highest BCUT2D eigenvalue weighted by atomic mass is 16.5. The van der Waals surface area contributed by atoms with Crippen molar-refractivity contribution in [2.45, 2.75) is 45.8 Å². The Kier molecular flexibility index (Phi) is 3.86. The maximum atomic E-state index is 12.3. The number of aryl methyl sites for hydroxylation is 1. The number of carbonyl (C=O) groups is 1. The summed E-state index contributed by atoms with van der Waals surface area (Å²) in [5.74, 6) is 1.35. The summed E-state index contributed by atoms with van der Waals surface area (Å²) in [6.45, 7) is 6.02. The summed E-state index contributed by atoms with van der Waals surface area (Å²) in [6, 6.07) is 0.0128. The highest BCUT2D eigenvalue weighted by Crippen LogP contribution is 2.49. The summed E-state index contributed by atoms with van der Waals surface area (Å²) in [4.78, 5) is 20.5. The van der Waals surface area contributed by atoms with E-state index in [1.165, 1.54) is 0 Å². The molecular formula is C18H24N6O2. The molecule has 1 amide bonds. The third-order valence-electron chi connectivity index (χ3n) is 4.88. The van der Waals surface area contributed by atoms with Gasteiger partial charge in [-0.15, -0.1) is 0 Å². The van der Waals surface area contributed by atoms with Gasteiger partial charge < -0.3 is 15.0 Å². The standard InChI is InChI=1S/C18H24N6O2/c1-9(2)26-12-8-19-17(20-18(25)11-6-7-11)16-13(12)15-14(10(3)23(16)4)21-24(5)22-15/h8-11H,6-7H2,1-5H3,(H,19,20,25). The molecular weight excluding hydrogens is 332 g/mol. The molecule has 1 saturated carbocycles. The number of amides is 1. The van der Waals surface area contributed by atoms with Crippen molar-refractivity contribution in [2.75, 3.05) is 17.3 Å². The number of rotatable bonds is 4. The van der Waals surface area contributed by atoms with Crippen LogP contribution in [-0.4, -0.2) is 39.0 Å². The first-order valence-corrected chi connectivity index (χ1v) is 9.01. The second-order valence-corrected chi connectivity index (χ2v) is 7.33. The normalized spacial score (nSPS) is 18.5. The maximum Gasteiger partial charge on any atom is 0.228 e. The lowest BCUT2D eigenvalue weighted by Gasteiger charge is -2.34. The van der Waals surface area contributed by atoms with Crippen molar-refractivity contribution >= 4 is 17.4 Å². The highest BCUT2D eigenvalue weighted by Gasteiger charge is 2.37. The van der Waals surface area contributed by atoms with Gasteiger partial charge in [-0.3, -0.25) is 4.79 Å². The zero-order valence-corrected chi connectivity index (χ0v) is 15.8. The summed E-state index contributed by atoms with van der Waals surface area (Å²) in [5.41, 5.74) is 3.34. The van der Waals surface area contributed by atoms with Crippen molar-refractivity contribution in [1.82, 2.24) is 20.0 Å². The van der Waals surface area contributed by atoms with Gasteiger partial charge in [0.05, 0.1) is 29.6 Å². The van der Waals surface area contributed by atoms with E-state index in [1.54, 1.807) is 11.0 Å². The number of ether oxygens (including phenoxy) is 1. The first kappa shape index (κ1) is 16.8. The lowest BCUT2D eigenvalue weighted by molar-refractivity contribution is -0.117. The minimum absolute atomic E-state index is 0.00224. The zero-order chi connectivity index (χ0) is 18.6. The minimum atomic E-state index is -0.00224. The molecule has 2 aliphatic rings. The van der Waals surface area contributed by atoms with E-state index in [1.807, 2.05) is 27.9 Å². The number of nitrogens with one attached hydrogen (secondary N) is 1. The van der Waals surface area contributed by atoms with Crippen molar-refractivity contribution in [2.24, 2.45) is 13.0 Å². The van der Waals surface area contributed by atoms with Gasteiger partial charge >= 0.3 is 0 Å². The Morgan fingerprint density at radius 3 is 2.69 bits per heavy atom. The third kappa shape index (κ3) is 2.69. The summed E-state index contributed by atoms with van der Waals surface area (Å²) < 4.78 is 6.00. The van der Waals surface area contributed by atoms with Crippen molar-refractivity contribution < 1.29 is 9.53 Å². The van der Waals surface area contributed by atoms with Gasteiger partial charge in [0.25, 0.3) is 0 Å². The molecule has 1 aliphatic heterocycles. The number of hydrogen-bond acceptors (Lipinski definition) is 6. The van der Waals surface area contributed by atoms with Crippen LogP contribution in [0.2, 0.25) is 0 Å². The molecule has 1 fully saturated rings. The molecule has 0 saturated heterocycles. The predicted octanol–water partition coefficient (Wildman–Crippen LogP) is 2.52. The smallest absolute Gasteiger partial charge is 0.228 e. The fraction of sp³-hybridized carbons (Fsp3) is 0.556. The Balaban J connectivity index is 1.89. The van der Waals surface area contributed by atoms with Crippen molar-refractivity contribution in [3.05, 3.63) is 11.9 Å². The van der Waals surface area contributed by atoms with Gasteiger partial charge in [0.2, 0.25) is 5.91 Å². The topological polar surface area (TPSA) is 85.2 Å². The van der Waals surface area contributed by atoms with Crippen LogP contribution in [0.15, 0.2) is 6.20 Å². The summed E-state index contributed by atoms with van der Waals surface area (Å²) >= 11 is 0. The largest absolute Gasteiger partial charge is 0.489 e. The molecule has 4 rings (SSSR count). The Labute approximate surface area is 152 Å². The van der Waals surface area contributed by atoms with Gasteiger partial charge in [0.15, 0.2) is 5.82 Å². The molecule has 0 bridgehead atoms. The van der Waals surface area contributed by atoms with Crippen LogP contribution in [0, 0.1) is 5.92 Å². The molecule has 2 aromatic rings. The Morgan fingerprint density at radius 1 is 1.31 bits per heavy atom. The molecule has 3 heterocycles. The molecule has 8 nitrogen and oxygen atoms in total. The summed E-state index contributed by atoms with van der Waals surface area (Å²) in [5, 5.41) is 12.1. The van der Waals surface area contributed by atoms with Crippen LogP contribution in [0.25, 0.3) is 11.3 Å². The second kappa shape index (κ2) is 5.96. The monoisotopic (exact) mass is 356 g/mol. The quantitative estimate of drug-likeness (QED) is 0.906. The molecule has 2 aromatic heterocycles. The van der Waals surface area contributed by atoms with Crippen molar-refractivity contribution in [3.8, 4) is 17.0 Å². The first-order chi connectivity index (χ1) is 12.4. The number of anilines is 2. The molecule has 26 heavy (non-hydrogen) atoms. The predicted molar refractivity (Wildman–Crippen MR) is 98.2 cm³/mol. The number of fused-ring (bicyclic) bond motifs is 3. The first-order valence-electron chi connectivity index (χ1n) is 9.01. The molecule has 0 spiro atoms. The van der Waals surface area contributed by atoms with Crippen LogP contribution in [0.3, 0.4) is 0 Å². The zero-order valence-electron chi connectivity index (χ0n) is 15.8. The Morgan fingerprint density at radius 2 is 2.04 bits per heavy atom. The fourth-order valence-corrected chi connectivity index (χ4v) is 3.31. The minimum Gasteiger partial charge on any atom is -0.489 e. The fourth-order valence-electron chi connectivity index (χ4n) is 3.31. The van der Waals surface area contributed by atoms with E-state index in [-0.39, 0.29) is 24.0 Å². The van der Waals surface area contributed by atoms with E-state index >= 15 is 0 Å². The molecule has 1 atom stereocenters. The number of pyridine rings is 1. The molecule has 1 unspecified atom stereocenters. The lowest BCUT2D eigenvalue weighted by atomic mass is 9.97. The number of hydrogen-bond donors (Lipinski definition) is 1. The van der Waals surface area contributed by atoms with E-state index < -0.39 is 0 Å². The van der Waals surface area contributed by atoms with Crippen LogP contribution in [0.5, 0.6) is 5.75 Å². The Bertz CT molecular complexity index is 871. The van der Waals surface area contributed by atoms with Gasteiger partial charge in [-0.1, -0.05) is 0 Å². The SMILES string of the molecule is CC(C)Oc1cnc(NC(=O)C2CC2)c2c1-c1nn(C)nc1C(C)N2C. The van der Waals surface area contributed by atoms with Crippen LogP contribution in [0.4, 0.5) is 11.5 Å². The third-order valence-corrected chi connectivity index (χ3v) is 4.88. The van der Waals surface area contributed by atoms with E-state index in [0.29, 0.717) is 11.6 Å².